The highest BCUT2D eigenvalue weighted by Gasteiger charge is 2.14. The van der Waals surface area contributed by atoms with Gasteiger partial charge in [0.05, 0.1) is 6.07 Å². The highest BCUT2D eigenvalue weighted by atomic mass is 16.2. The number of hydrogen-bond acceptors (Lipinski definition) is 3. The Hall–Kier alpha value is -2.35. The lowest BCUT2D eigenvalue weighted by Crippen LogP contribution is -2.29. The van der Waals surface area contributed by atoms with E-state index in [4.69, 9.17) is 5.26 Å². The third kappa shape index (κ3) is 5.96. The van der Waals surface area contributed by atoms with Crippen molar-refractivity contribution in [3.63, 3.8) is 0 Å². The van der Waals surface area contributed by atoms with Gasteiger partial charge in [0, 0.05) is 18.7 Å². The highest BCUT2D eigenvalue weighted by Crippen LogP contribution is 2.22. The van der Waals surface area contributed by atoms with Crippen LogP contribution < -0.4 is 10.6 Å². The number of rotatable bonds is 6. The minimum absolute atomic E-state index is 0.0661. The van der Waals surface area contributed by atoms with Gasteiger partial charge in [0.2, 0.25) is 5.91 Å². The average molecular weight is 301 g/mol. The Morgan fingerprint density at radius 2 is 1.68 bits per heavy atom. The van der Waals surface area contributed by atoms with E-state index < -0.39 is 0 Å². The molecule has 0 spiro atoms. The van der Waals surface area contributed by atoms with E-state index in [0.717, 1.165) is 0 Å². The van der Waals surface area contributed by atoms with Crippen LogP contribution in [0, 0.1) is 11.3 Å². The Labute approximate surface area is 131 Å². The van der Waals surface area contributed by atoms with E-state index in [1.165, 1.54) is 5.56 Å². The third-order valence-corrected chi connectivity index (χ3v) is 3.21. The molecule has 5 nitrogen and oxygen atoms in total. The van der Waals surface area contributed by atoms with Gasteiger partial charge < -0.3 is 10.6 Å². The van der Waals surface area contributed by atoms with E-state index in [2.05, 4.69) is 31.4 Å². The molecule has 118 valence electrons. The van der Waals surface area contributed by atoms with Crippen LogP contribution in [0.3, 0.4) is 0 Å². The van der Waals surface area contributed by atoms with Crippen molar-refractivity contribution in [3.05, 3.63) is 35.4 Å². The Balaban J connectivity index is 2.34. The number of benzene rings is 1. The van der Waals surface area contributed by atoms with Gasteiger partial charge in [-0.05, 0) is 29.5 Å². The first-order valence-corrected chi connectivity index (χ1v) is 7.37. The quantitative estimate of drug-likeness (QED) is 0.790. The Morgan fingerprint density at radius 1 is 1.09 bits per heavy atom. The van der Waals surface area contributed by atoms with Gasteiger partial charge in [-0.2, -0.15) is 5.26 Å². The molecule has 2 N–H and O–H groups in total. The molecule has 0 unspecified atom stereocenters. The third-order valence-electron chi connectivity index (χ3n) is 3.21. The topological polar surface area (TPSA) is 82.0 Å². The van der Waals surface area contributed by atoms with Gasteiger partial charge in [-0.1, -0.05) is 32.9 Å². The fourth-order valence-corrected chi connectivity index (χ4v) is 1.88. The molecule has 0 aliphatic carbocycles. The molecule has 0 aliphatic rings. The first-order chi connectivity index (χ1) is 10.3. The zero-order valence-corrected chi connectivity index (χ0v) is 13.4. The van der Waals surface area contributed by atoms with E-state index >= 15 is 0 Å². The molecule has 0 aromatic heterocycles. The molecular formula is C17H23N3O2. The molecule has 5 heteroatoms. The molecule has 22 heavy (non-hydrogen) atoms. The molecule has 0 saturated carbocycles. The summed E-state index contributed by atoms with van der Waals surface area (Å²) in [6.07, 6.45) is 0.496. The molecule has 0 fully saturated rings. The molecule has 1 aromatic rings. The van der Waals surface area contributed by atoms with Crippen molar-refractivity contribution in [2.24, 2.45) is 0 Å². The molecular weight excluding hydrogens is 278 g/mol. The van der Waals surface area contributed by atoms with Crippen LogP contribution in [0.25, 0.3) is 0 Å². The van der Waals surface area contributed by atoms with Crippen LogP contribution in [0.4, 0.5) is 0 Å². The summed E-state index contributed by atoms with van der Waals surface area (Å²) in [6, 6.07) is 9.37. The first kappa shape index (κ1) is 17.7. The van der Waals surface area contributed by atoms with Crippen molar-refractivity contribution in [3.8, 4) is 6.07 Å². The molecule has 0 aliphatic heterocycles. The zero-order chi connectivity index (χ0) is 16.6. The van der Waals surface area contributed by atoms with Gasteiger partial charge >= 0.3 is 0 Å². The largest absolute Gasteiger partial charge is 0.355 e. The summed E-state index contributed by atoms with van der Waals surface area (Å²) in [6.45, 7) is 7.31. The summed E-state index contributed by atoms with van der Waals surface area (Å²) < 4.78 is 0. The summed E-state index contributed by atoms with van der Waals surface area (Å²) in [5.74, 6) is -0.407. The molecule has 0 saturated heterocycles. The second kappa shape index (κ2) is 8.18. The smallest absolute Gasteiger partial charge is 0.251 e. The second-order valence-electron chi connectivity index (χ2n) is 6.12. The Bertz CT molecular complexity index is 551. The van der Waals surface area contributed by atoms with Gasteiger partial charge in [0.25, 0.3) is 5.91 Å². The van der Waals surface area contributed by atoms with Gasteiger partial charge in [0.15, 0.2) is 0 Å². The van der Waals surface area contributed by atoms with Crippen LogP contribution in [-0.2, 0) is 10.2 Å². The highest BCUT2D eigenvalue weighted by molar-refractivity contribution is 5.94. The number of carbonyl (C=O) groups is 2. The van der Waals surface area contributed by atoms with Crippen LogP contribution in [-0.4, -0.2) is 24.9 Å². The Morgan fingerprint density at radius 3 is 2.23 bits per heavy atom. The van der Waals surface area contributed by atoms with Crippen molar-refractivity contribution in [2.75, 3.05) is 13.1 Å². The van der Waals surface area contributed by atoms with Crippen molar-refractivity contribution in [1.29, 1.82) is 5.26 Å². The molecule has 0 bridgehead atoms. The predicted octanol–water partition coefficient (Wildman–Crippen LogP) is 2.13. The summed E-state index contributed by atoms with van der Waals surface area (Å²) in [7, 11) is 0. The minimum atomic E-state index is -0.286. The van der Waals surface area contributed by atoms with Crippen LogP contribution in [0.2, 0.25) is 0 Å². The standard InChI is InChI=1S/C17H23N3O2/c1-17(2,3)14-7-5-13(6-8-14)16(22)20-12-4-11-19-15(21)9-10-18/h5-8H,4,9,11-12H2,1-3H3,(H,19,21)(H,20,22). The summed E-state index contributed by atoms with van der Waals surface area (Å²) in [5, 5.41) is 13.8. The van der Waals surface area contributed by atoms with E-state index in [1.54, 1.807) is 6.07 Å². The summed E-state index contributed by atoms with van der Waals surface area (Å²) in [4.78, 5) is 23.0. The van der Waals surface area contributed by atoms with Crippen molar-refractivity contribution >= 4 is 11.8 Å². The van der Waals surface area contributed by atoms with E-state index in [9.17, 15) is 9.59 Å². The molecule has 1 rings (SSSR count). The van der Waals surface area contributed by atoms with Crippen molar-refractivity contribution < 1.29 is 9.59 Å². The average Bonchev–Trinajstić information content (AvgIpc) is 2.46. The molecule has 1 aromatic carbocycles. The van der Waals surface area contributed by atoms with Crippen LogP contribution in [0.1, 0.15) is 49.5 Å². The van der Waals surface area contributed by atoms with Crippen molar-refractivity contribution in [2.45, 2.75) is 39.0 Å². The zero-order valence-electron chi connectivity index (χ0n) is 13.4. The first-order valence-electron chi connectivity index (χ1n) is 7.37. The second-order valence-corrected chi connectivity index (χ2v) is 6.12. The number of nitrogens with zero attached hydrogens (tertiary/aromatic N) is 1. The minimum Gasteiger partial charge on any atom is -0.355 e. The van der Waals surface area contributed by atoms with E-state index in [0.29, 0.717) is 25.1 Å². The monoisotopic (exact) mass is 301 g/mol. The molecule has 0 atom stereocenters. The van der Waals surface area contributed by atoms with Gasteiger partial charge in [-0.3, -0.25) is 9.59 Å². The van der Waals surface area contributed by atoms with Crippen LogP contribution >= 0.6 is 0 Å². The maximum absolute atomic E-state index is 12.0. The summed E-state index contributed by atoms with van der Waals surface area (Å²) in [5.41, 5.74) is 1.88. The van der Waals surface area contributed by atoms with Gasteiger partial charge in [-0.15, -0.1) is 0 Å². The van der Waals surface area contributed by atoms with Gasteiger partial charge in [-0.25, -0.2) is 0 Å². The molecule has 0 heterocycles. The van der Waals surface area contributed by atoms with E-state index in [1.807, 2.05) is 24.3 Å². The Kier molecular flexibility index (Phi) is 6.58. The number of hydrogen-bond donors (Lipinski definition) is 2. The number of nitrogens with one attached hydrogen (secondary N) is 2. The molecule has 0 radical (unpaired) electrons. The number of carbonyl (C=O) groups excluding carboxylic acids is 2. The maximum atomic E-state index is 12.0. The SMILES string of the molecule is CC(C)(C)c1ccc(C(=O)NCCCNC(=O)CC#N)cc1. The fourth-order valence-electron chi connectivity index (χ4n) is 1.88. The van der Waals surface area contributed by atoms with Crippen LogP contribution in [0.15, 0.2) is 24.3 Å². The maximum Gasteiger partial charge on any atom is 0.251 e. The lowest BCUT2D eigenvalue weighted by molar-refractivity contribution is -0.120. The van der Waals surface area contributed by atoms with Gasteiger partial charge in [0.1, 0.15) is 6.42 Å². The predicted molar refractivity (Wildman–Crippen MR) is 85.3 cm³/mol. The normalized spacial score (nSPS) is 10.6. The molecule has 2 amide bonds. The number of amides is 2. The van der Waals surface area contributed by atoms with Crippen molar-refractivity contribution in [1.82, 2.24) is 10.6 Å². The summed E-state index contributed by atoms with van der Waals surface area (Å²) >= 11 is 0. The van der Waals surface area contributed by atoms with E-state index in [-0.39, 0.29) is 23.7 Å². The lowest BCUT2D eigenvalue weighted by atomic mass is 9.87. The lowest BCUT2D eigenvalue weighted by Gasteiger charge is -2.19. The van der Waals surface area contributed by atoms with Crippen LogP contribution in [0.5, 0.6) is 0 Å². The number of nitriles is 1. The fraction of sp³-hybridized carbons (Fsp3) is 0.471.